The van der Waals surface area contributed by atoms with Gasteiger partial charge in [0.1, 0.15) is 24.6 Å². The van der Waals surface area contributed by atoms with E-state index in [1.165, 1.54) is 19.1 Å². The molecule has 9 heteroatoms. The smallest absolute Gasteiger partial charge is 0.167 e. The Balaban J connectivity index is 1.66. The fourth-order valence-corrected chi connectivity index (χ4v) is 4.30. The molecule has 0 radical (unpaired) electrons. The van der Waals surface area contributed by atoms with E-state index in [4.69, 9.17) is 4.74 Å². The summed E-state index contributed by atoms with van der Waals surface area (Å²) >= 11 is 0. The summed E-state index contributed by atoms with van der Waals surface area (Å²) in [7, 11) is 2.03. The van der Waals surface area contributed by atoms with Crippen molar-refractivity contribution in [1.82, 2.24) is 19.5 Å². The number of fused-ring (bicyclic) bond motifs is 1. The normalized spacial score (nSPS) is 33.0. The summed E-state index contributed by atoms with van der Waals surface area (Å²) in [5, 5.41) is 29.6. The number of imidazole rings is 1. The predicted octanol–water partition coefficient (Wildman–Crippen LogP) is 0.453. The summed E-state index contributed by atoms with van der Waals surface area (Å²) < 4.78 is 7.21. The van der Waals surface area contributed by atoms with Crippen molar-refractivity contribution in [1.29, 1.82) is 0 Å². The molecule has 3 N–H and O–H groups in total. The van der Waals surface area contributed by atoms with Gasteiger partial charge in [0, 0.05) is 13.1 Å². The molecule has 2 fully saturated rings. The number of aliphatic hydroxyl groups excluding tert-OH is 3. The Labute approximate surface area is 157 Å². The highest BCUT2D eigenvalue weighted by atomic mass is 16.6. The van der Waals surface area contributed by atoms with E-state index in [0.29, 0.717) is 22.6 Å². The second-order valence-corrected chi connectivity index (χ2v) is 8.42. The lowest BCUT2D eigenvalue weighted by atomic mass is 9.91. The predicted molar refractivity (Wildman–Crippen MR) is 98.2 cm³/mol. The molecule has 9 nitrogen and oxygen atoms in total. The minimum atomic E-state index is -1.17. The second kappa shape index (κ2) is 6.66. The van der Waals surface area contributed by atoms with E-state index in [2.05, 4.69) is 33.7 Å². The van der Waals surface area contributed by atoms with Crippen molar-refractivity contribution in [2.75, 3.05) is 18.6 Å². The van der Waals surface area contributed by atoms with E-state index in [-0.39, 0.29) is 6.61 Å². The molecule has 4 rings (SSSR count). The SMILES string of the molecule is CN(c1ncnc2c1ncn2[C@@H]1O[C@H](CO)[C@@H](O)[C@H]1O)C1CCC(C)(C)C1. The van der Waals surface area contributed by atoms with Gasteiger partial charge in [0.15, 0.2) is 23.2 Å². The van der Waals surface area contributed by atoms with E-state index >= 15 is 0 Å². The van der Waals surface area contributed by atoms with Crippen LogP contribution >= 0.6 is 0 Å². The maximum atomic E-state index is 10.3. The molecular formula is C18H27N5O4. The first-order chi connectivity index (χ1) is 12.8. The molecular weight excluding hydrogens is 350 g/mol. The van der Waals surface area contributed by atoms with Crippen LogP contribution in [0, 0.1) is 5.41 Å². The number of aromatic nitrogens is 4. The van der Waals surface area contributed by atoms with E-state index in [1.807, 2.05) is 7.05 Å². The lowest BCUT2D eigenvalue weighted by Crippen LogP contribution is -2.33. The molecule has 2 aromatic rings. The Hall–Kier alpha value is -1.81. The van der Waals surface area contributed by atoms with Crippen LogP contribution in [0.4, 0.5) is 5.82 Å². The molecule has 0 bridgehead atoms. The molecule has 1 saturated carbocycles. The molecule has 1 saturated heterocycles. The summed E-state index contributed by atoms with van der Waals surface area (Å²) in [5.74, 6) is 0.744. The van der Waals surface area contributed by atoms with Gasteiger partial charge < -0.3 is 25.0 Å². The third-order valence-corrected chi connectivity index (χ3v) is 5.96. The lowest BCUT2D eigenvalue weighted by Gasteiger charge is -2.27. The van der Waals surface area contributed by atoms with E-state index in [1.54, 1.807) is 4.57 Å². The van der Waals surface area contributed by atoms with E-state index in [9.17, 15) is 15.3 Å². The van der Waals surface area contributed by atoms with Gasteiger partial charge in [-0.05, 0) is 24.7 Å². The van der Waals surface area contributed by atoms with Crippen molar-refractivity contribution in [3.05, 3.63) is 12.7 Å². The van der Waals surface area contributed by atoms with Crippen molar-refractivity contribution in [2.45, 2.75) is 63.7 Å². The second-order valence-electron chi connectivity index (χ2n) is 8.42. The van der Waals surface area contributed by atoms with Gasteiger partial charge >= 0.3 is 0 Å². The van der Waals surface area contributed by atoms with Gasteiger partial charge in [0.25, 0.3) is 0 Å². The Morgan fingerprint density at radius 3 is 2.67 bits per heavy atom. The summed E-state index contributed by atoms with van der Waals surface area (Å²) in [5.41, 5.74) is 1.48. The summed E-state index contributed by atoms with van der Waals surface area (Å²) in [6, 6.07) is 0.386. The van der Waals surface area contributed by atoms with E-state index in [0.717, 1.165) is 18.7 Å². The number of nitrogens with zero attached hydrogens (tertiary/aromatic N) is 5. The molecule has 3 heterocycles. The Kier molecular flexibility index (Phi) is 4.58. The van der Waals surface area contributed by atoms with Crippen molar-refractivity contribution in [2.24, 2.45) is 5.41 Å². The maximum Gasteiger partial charge on any atom is 0.167 e. The van der Waals surface area contributed by atoms with Crippen LogP contribution in [0.5, 0.6) is 0 Å². The van der Waals surface area contributed by atoms with E-state index < -0.39 is 24.5 Å². The van der Waals surface area contributed by atoms with Gasteiger partial charge in [-0.1, -0.05) is 13.8 Å². The van der Waals surface area contributed by atoms with Crippen LogP contribution in [-0.4, -0.2) is 72.8 Å². The number of hydrogen-bond donors (Lipinski definition) is 3. The molecule has 0 aromatic carbocycles. The number of ether oxygens (including phenoxy) is 1. The van der Waals surface area contributed by atoms with Crippen LogP contribution in [0.1, 0.15) is 39.3 Å². The van der Waals surface area contributed by atoms with Crippen LogP contribution in [0.3, 0.4) is 0 Å². The molecule has 1 aliphatic heterocycles. The molecule has 1 unspecified atom stereocenters. The summed E-state index contributed by atoms with van der Waals surface area (Å²) in [4.78, 5) is 15.4. The quantitative estimate of drug-likeness (QED) is 0.703. The first-order valence-corrected chi connectivity index (χ1v) is 9.35. The molecule has 2 aromatic heterocycles. The topological polar surface area (TPSA) is 117 Å². The first kappa shape index (κ1) is 18.5. The Morgan fingerprint density at radius 1 is 1.26 bits per heavy atom. The van der Waals surface area contributed by atoms with Crippen molar-refractivity contribution in [3.63, 3.8) is 0 Å². The standard InChI is InChI=1S/C18H27N5O4/c1-18(2)5-4-10(6-18)22(3)15-12-16(20-8-19-15)23(9-21-12)17-14(26)13(25)11(7-24)27-17/h8-11,13-14,17,24-26H,4-7H2,1-3H3/t10?,11-,13-,14-,17-/m1/s1. The maximum absolute atomic E-state index is 10.3. The third kappa shape index (κ3) is 3.08. The fourth-order valence-electron chi connectivity index (χ4n) is 4.30. The number of aliphatic hydroxyl groups is 3. The highest BCUT2D eigenvalue weighted by molar-refractivity contribution is 5.83. The van der Waals surface area contributed by atoms with Gasteiger partial charge in [-0.3, -0.25) is 4.57 Å². The van der Waals surface area contributed by atoms with Crippen LogP contribution in [0.15, 0.2) is 12.7 Å². The molecule has 148 valence electrons. The van der Waals surface area contributed by atoms with Gasteiger partial charge in [0.2, 0.25) is 0 Å². The van der Waals surface area contributed by atoms with Gasteiger partial charge in [-0.2, -0.15) is 0 Å². The van der Waals surface area contributed by atoms with Gasteiger partial charge in [-0.15, -0.1) is 0 Å². The highest BCUT2D eigenvalue weighted by Crippen LogP contribution is 2.41. The van der Waals surface area contributed by atoms with Gasteiger partial charge in [0.05, 0.1) is 12.9 Å². The average molecular weight is 377 g/mol. The minimum absolute atomic E-state index is 0.321. The zero-order valence-corrected chi connectivity index (χ0v) is 15.9. The highest BCUT2D eigenvalue weighted by Gasteiger charge is 2.44. The fraction of sp³-hybridized carbons (Fsp3) is 0.722. The Bertz CT molecular complexity index is 825. The monoisotopic (exact) mass is 377 g/mol. The minimum Gasteiger partial charge on any atom is -0.394 e. The lowest BCUT2D eigenvalue weighted by molar-refractivity contribution is -0.0511. The first-order valence-electron chi connectivity index (χ1n) is 9.35. The average Bonchev–Trinajstić information content (AvgIpc) is 3.31. The molecule has 2 aliphatic rings. The van der Waals surface area contributed by atoms with Crippen LogP contribution < -0.4 is 4.90 Å². The number of anilines is 1. The van der Waals surface area contributed by atoms with Crippen molar-refractivity contribution >= 4 is 17.0 Å². The van der Waals surface area contributed by atoms with Crippen LogP contribution in [0.25, 0.3) is 11.2 Å². The van der Waals surface area contributed by atoms with Crippen LogP contribution in [-0.2, 0) is 4.74 Å². The van der Waals surface area contributed by atoms with Crippen LogP contribution in [0.2, 0.25) is 0 Å². The third-order valence-electron chi connectivity index (χ3n) is 5.96. The van der Waals surface area contributed by atoms with Crippen molar-refractivity contribution < 1.29 is 20.1 Å². The molecule has 0 amide bonds. The Morgan fingerprint density at radius 2 is 2.04 bits per heavy atom. The summed E-state index contributed by atoms with van der Waals surface area (Å²) in [6.45, 7) is 4.20. The molecule has 0 spiro atoms. The zero-order valence-electron chi connectivity index (χ0n) is 15.9. The molecule has 1 aliphatic carbocycles. The zero-order chi connectivity index (χ0) is 19.3. The molecule has 27 heavy (non-hydrogen) atoms. The number of hydrogen-bond acceptors (Lipinski definition) is 8. The largest absolute Gasteiger partial charge is 0.394 e. The van der Waals surface area contributed by atoms with Crippen molar-refractivity contribution in [3.8, 4) is 0 Å². The number of rotatable bonds is 4. The molecule has 5 atom stereocenters. The van der Waals surface area contributed by atoms with Gasteiger partial charge in [-0.25, -0.2) is 15.0 Å². The summed E-state index contributed by atoms with van der Waals surface area (Å²) in [6.07, 6.45) is 2.34.